The van der Waals surface area contributed by atoms with Crippen LogP contribution < -0.4 is 4.74 Å². The highest BCUT2D eigenvalue weighted by Crippen LogP contribution is 2.35. The lowest BCUT2D eigenvalue weighted by molar-refractivity contribution is -0.116. The Bertz CT molecular complexity index is 1350. The Morgan fingerprint density at radius 2 is 1.92 bits per heavy atom. The van der Waals surface area contributed by atoms with Gasteiger partial charge in [0.05, 0.1) is 35.3 Å². The van der Waals surface area contributed by atoms with E-state index in [-0.39, 0.29) is 35.2 Å². The fourth-order valence-electron chi connectivity index (χ4n) is 5.04. The summed E-state index contributed by atoms with van der Waals surface area (Å²) in [5.74, 6) is 1.10. The lowest BCUT2D eigenvalue weighted by Crippen LogP contribution is -2.26. The third kappa shape index (κ3) is 4.87. The van der Waals surface area contributed by atoms with Crippen LogP contribution in [0.15, 0.2) is 75.4 Å². The first-order valence-electron chi connectivity index (χ1n) is 12.3. The van der Waals surface area contributed by atoms with Crippen LogP contribution in [0.2, 0.25) is 0 Å². The van der Waals surface area contributed by atoms with Crippen molar-refractivity contribution in [3.05, 3.63) is 88.5 Å². The number of hydrogen-bond donors (Lipinski definition) is 1. The Balaban J connectivity index is 1.47. The van der Waals surface area contributed by atoms with Gasteiger partial charge in [0.2, 0.25) is 0 Å². The van der Waals surface area contributed by atoms with E-state index in [9.17, 15) is 14.7 Å². The summed E-state index contributed by atoms with van der Waals surface area (Å²) in [7, 11) is 1.59. The molecule has 0 amide bonds. The van der Waals surface area contributed by atoms with Gasteiger partial charge in [0, 0.05) is 38.2 Å². The number of carbonyl (C=O) groups is 2. The normalized spacial score (nSPS) is 20.4. The molecule has 0 bridgehead atoms. The van der Waals surface area contributed by atoms with E-state index in [2.05, 4.69) is 5.16 Å². The minimum atomic E-state index is -0.146. The molecular weight excluding hydrogens is 456 g/mol. The van der Waals surface area contributed by atoms with Crippen LogP contribution in [-0.4, -0.2) is 34.7 Å². The molecule has 184 valence electrons. The second-order valence-electron chi connectivity index (χ2n) is 9.22. The Labute approximate surface area is 209 Å². The zero-order valence-electron chi connectivity index (χ0n) is 20.2. The maximum atomic E-state index is 13.4. The van der Waals surface area contributed by atoms with Crippen molar-refractivity contribution >= 4 is 23.0 Å². The molecule has 1 N–H and O–H groups in total. The third-order valence-electron chi connectivity index (χ3n) is 6.83. The number of rotatable bonds is 6. The predicted octanol–water partition coefficient (Wildman–Crippen LogP) is 5.87. The van der Waals surface area contributed by atoms with Crippen LogP contribution in [0.5, 0.6) is 5.75 Å². The number of benzene rings is 2. The summed E-state index contributed by atoms with van der Waals surface area (Å²) in [4.78, 5) is 30.6. The summed E-state index contributed by atoms with van der Waals surface area (Å²) in [5.41, 5.74) is 3.60. The lowest BCUT2D eigenvalue weighted by atomic mass is 9.78. The van der Waals surface area contributed by atoms with Crippen molar-refractivity contribution in [1.82, 2.24) is 5.16 Å². The number of allylic oxidation sites excluding steroid dienone is 2. The number of ketones is 2. The number of aromatic nitrogens is 1. The molecule has 2 aromatic carbocycles. The van der Waals surface area contributed by atoms with E-state index in [1.165, 1.54) is 0 Å². The number of hydrogen-bond acceptors (Lipinski definition) is 7. The Hall–Kier alpha value is -4.00. The summed E-state index contributed by atoms with van der Waals surface area (Å²) in [6.45, 7) is 0. The fourth-order valence-corrected chi connectivity index (χ4v) is 5.04. The molecule has 1 heterocycles. The molecule has 7 nitrogen and oxygen atoms in total. The molecule has 36 heavy (non-hydrogen) atoms. The minimum Gasteiger partial charge on any atom is -0.511 e. The third-order valence-corrected chi connectivity index (χ3v) is 6.83. The maximum absolute atomic E-state index is 13.4. The van der Waals surface area contributed by atoms with Crippen molar-refractivity contribution < 1.29 is 24.0 Å². The van der Waals surface area contributed by atoms with Crippen molar-refractivity contribution in [2.75, 3.05) is 7.11 Å². The van der Waals surface area contributed by atoms with Gasteiger partial charge in [-0.2, -0.15) is 0 Å². The second-order valence-corrected chi connectivity index (χ2v) is 9.22. The van der Waals surface area contributed by atoms with Gasteiger partial charge >= 0.3 is 0 Å². The van der Waals surface area contributed by atoms with Crippen LogP contribution in [0.25, 0.3) is 0 Å². The molecule has 1 unspecified atom stereocenters. The summed E-state index contributed by atoms with van der Waals surface area (Å²) >= 11 is 0. The zero-order chi connectivity index (χ0) is 25.1. The first-order valence-corrected chi connectivity index (χ1v) is 12.3. The van der Waals surface area contributed by atoms with E-state index in [0.29, 0.717) is 66.3 Å². The Morgan fingerprint density at radius 1 is 1.08 bits per heavy atom. The molecule has 2 aliphatic carbocycles. The Kier molecular flexibility index (Phi) is 6.80. The highest BCUT2D eigenvalue weighted by atomic mass is 16.5. The molecule has 7 heteroatoms. The number of nitrogens with zero attached hydrogens (tertiary/aromatic N) is 2. The average Bonchev–Trinajstić information content (AvgIpc) is 3.32. The standard InChI is InChI=1S/C29H28N2O5/c1-35-21-10-5-9-20(17-21)30-23-15-19(18-7-3-2-4-8-18)16-26(34)28(23)25(33)14-13-22-29-24(32)11-6-12-27(29)36-31-22/h2-5,7-10,17,19,33H,6,11-16H2,1H3/b28-25+,30-23?. The highest BCUT2D eigenvalue weighted by Gasteiger charge is 2.33. The van der Waals surface area contributed by atoms with Crippen LogP contribution in [0, 0.1) is 0 Å². The number of fused-ring (bicyclic) bond motifs is 1. The summed E-state index contributed by atoms with van der Waals surface area (Å²) < 4.78 is 10.7. The topological polar surface area (TPSA) is 102 Å². The van der Waals surface area contributed by atoms with Gasteiger partial charge < -0.3 is 14.4 Å². The molecule has 1 fully saturated rings. The average molecular weight is 485 g/mol. The van der Waals surface area contributed by atoms with Crippen LogP contribution in [-0.2, 0) is 17.6 Å². The molecule has 0 saturated heterocycles. The largest absolute Gasteiger partial charge is 0.511 e. The van der Waals surface area contributed by atoms with Crippen molar-refractivity contribution in [3.63, 3.8) is 0 Å². The second kappa shape index (κ2) is 10.3. The van der Waals surface area contributed by atoms with Crippen LogP contribution >= 0.6 is 0 Å². The smallest absolute Gasteiger partial charge is 0.168 e. The SMILES string of the molecule is COc1cccc(N=C2CC(c3ccccc3)CC(=O)/C2=C(/O)CCc2noc3c2C(=O)CCC3)c1. The number of aryl methyl sites for hydroxylation is 2. The van der Waals surface area contributed by atoms with E-state index >= 15 is 0 Å². The monoisotopic (exact) mass is 484 g/mol. The van der Waals surface area contributed by atoms with Gasteiger partial charge in [-0.05, 0) is 36.5 Å². The number of aliphatic hydroxyl groups excluding tert-OH is 1. The van der Waals surface area contributed by atoms with Gasteiger partial charge in [0.25, 0.3) is 0 Å². The number of aliphatic imine (C=N–C) groups is 1. The first kappa shape index (κ1) is 23.7. The highest BCUT2D eigenvalue weighted by molar-refractivity contribution is 6.25. The quantitative estimate of drug-likeness (QED) is 0.347. The van der Waals surface area contributed by atoms with E-state index in [4.69, 9.17) is 14.3 Å². The molecule has 0 spiro atoms. The van der Waals surface area contributed by atoms with Crippen LogP contribution in [0.3, 0.4) is 0 Å². The number of ether oxygens (including phenoxy) is 1. The van der Waals surface area contributed by atoms with E-state index < -0.39 is 0 Å². The molecule has 1 aromatic heterocycles. The molecule has 1 saturated carbocycles. The summed E-state index contributed by atoms with van der Waals surface area (Å²) in [5, 5.41) is 15.2. The Morgan fingerprint density at radius 3 is 2.72 bits per heavy atom. The van der Waals surface area contributed by atoms with Crippen molar-refractivity contribution in [2.45, 2.75) is 50.9 Å². The van der Waals surface area contributed by atoms with Gasteiger partial charge in [-0.25, -0.2) is 0 Å². The van der Waals surface area contributed by atoms with Crippen molar-refractivity contribution in [2.24, 2.45) is 4.99 Å². The van der Waals surface area contributed by atoms with Crippen LogP contribution in [0.1, 0.15) is 65.4 Å². The van der Waals surface area contributed by atoms with E-state index in [1.807, 2.05) is 48.5 Å². The summed E-state index contributed by atoms with van der Waals surface area (Å²) in [6.07, 6.45) is 3.21. The van der Waals surface area contributed by atoms with E-state index in [1.54, 1.807) is 13.2 Å². The molecule has 0 radical (unpaired) electrons. The number of methoxy groups -OCH3 is 1. The maximum Gasteiger partial charge on any atom is 0.168 e. The molecule has 5 rings (SSSR count). The molecule has 2 aliphatic rings. The number of Topliss-reactive ketones (excluding diaryl/α,β-unsaturated/α-hetero) is 2. The molecule has 3 aromatic rings. The first-order chi connectivity index (χ1) is 17.5. The van der Waals surface area contributed by atoms with E-state index in [0.717, 1.165) is 12.0 Å². The van der Waals surface area contributed by atoms with Gasteiger partial charge in [0.15, 0.2) is 11.6 Å². The molecule has 1 atom stereocenters. The van der Waals surface area contributed by atoms with Gasteiger partial charge in [-0.15, -0.1) is 0 Å². The van der Waals surface area contributed by atoms with Gasteiger partial charge in [0.1, 0.15) is 17.3 Å². The molecular formula is C29H28N2O5. The van der Waals surface area contributed by atoms with Crippen molar-refractivity contribution in [1.29, 1.82) is 0 Å². The van der Waals surface area contributed by atoms with Gasteiger partial charge in [-0.3, -0.25) is 14.6 Å². The fraction of sp³-hybridized carbons (Fsp3) is 0.310. The number of carbonyl (C=O) groups excluding carboxylic acids is 2. The molecule has 0 aliphatic heterocycles. The summed E-state index contributed by atoms with van der Waals surface area (Å²) in [6, 6.07) is 17.2. The lowest BCUT2D eigenvalue weighted by Gasteiger charge is -2.26. The van der Waals surface area contributed by atoms with Crippen LogP contribution in [0.4, 0.5) is 5.69 Å². The number of aliphatic hydroxyl groups is 1. The van der Waals surface area contributed by atoms with Crippen molar-refractivity contribution in [3.8, 4) is 5.75 Å². The predicted molar refractivity (Wildman–Crippen MR) is 135 cm³/mol. The van der Waals surface area contributed by atoms with Gasteiger partial charge in [-0.1, -0.05) is 41.6 Å². The minimum absolute atomic E-state index is 0.0272. The zero-order valence-corrected chi connectivity index (χ0v) is 20.2.